The average molecular weight is 350 g/mol. The van der Waals surface area contributed by atoms with Gasteiger partial charge < -0.3 is 4.52 Å². The number of hydrogen-bond donors (Lipinski definition) is 0. The van der Waals surface area contributed by atoms with Crippen molar-refractivity contribution in [2.75, 3.05) is 6.54 Å². The Labute approximate surface area is 137 Å². The first-order valence-electron chi connectivity index (χ1n) is 7.24. The lowest BCUT2D eigenvalue weighted by molar-refractivity contribution is 0.349. The SMILES string of the molecule is Cc1cc(C2CCCN2S(=O)(=O)c2cccc3nsnc23)no1. The second-order valence-electron chi connectivity index (χ2n) is 5.52. The van der Waals surface area contributed by atoms with E-state index in [0.717, 1.165) is 24.6 Å². The highest BCUT2D eigenvalue weighted by Crippen LogP contribution is 2.37. The molecule has 2 aromatic heterocycles. The van der Waals surface area contributed by atoms with Crippen molar-refractivity contribution in [2.45, 2.75) is 30.7 Å². The van der Waals surface area contributed by atoms with Crippen molar-refractivity contribution in [2.24, 2.45) is 0 Å². The summed E-state index contributed by atoms with van der Waals surface area (Å²) in [6, 6.07) is 6.55. The first kappa shape index (κ1) is 14.7. The van der Waals surface area contributed by atoms with Gasteiger partial charge in [0.05, 0.1) is 17.8 Å². The fraction of sp³-hybridized carbons (Fsp3) is 0.357. The minimum atomic E-state index is -3.67. The third kappa shape index (κ3) is 2.35. The van der Waals surface area contributed by atoms with E-state index in [9.17, 15) is 8.42 Å². The van der Waals surface area contributed by atoms with Gasteiger partial charge >= 0.3 is 0 Å². The molecule has 3 heterocycles. The van der Waals surface area contributed by atoms with Gasteiger partial charge in [-0.2, -0.15) is 13.1 Å². The minimum Gasteiger partial charge on any atom is -0.361 e. The summed E-state index contributed by atoms with van der Waals surface area (Å²) in [4.78, 5) is 0.205. The molecule has 1 aromatic carbocycles. The van der Waals surface area contributed by atoms with Gasteiger partial charge in [0.15, 0.2) is 0 Å². The van der Waals surface area contributed by atoms with E-state index in [-0.39, 0.29) is 10.9 Å². The molecule has 0 radical (unpaired) electrons. The summed E-state index contributed by atoms with van der Waals surface area (Å²) >= 11 is 1.02. The summed E-state index contributed by atoms with van der Waals surface area (Å²) < 4.78 is 41.2. The minimum absolute atomic E-state index is 0.205. The van der Waals surface area contributed by atoms with Crippen LogP contribution in [0.1, 0.15) is 30.3 Å². The van der Waals surface area contributed by atoms with Crippen LogP contribution in [0.3, 0.4) is 0 Å². The van der Waals surface area contributed by atoms with E-state index in [4.69, 9.17) is 4.52 Å². The van der Waals surface area contributed by atoms with Gasteiger partial charge in [-0.05, 0) is 31.9 Å². The predicted octanol–water partition coefficient (Wildman–Crippen LogP) is 2.51. The lowest BCUT2D eigenvalue weighted by Crippen LogP contribution is -2.31. The first-order chi connectivity index (χ1) is 11.1. The van der Waals surface area contributed by atoms with Crippen LogP contribution < -0.4 is 0 Å². The standard InChI is InChI=1S/C14H14N4O3S2/c1-9-8-11(15-21-9)12-5-3-7-18(12)23(19,20)13-6-2-4-10-14(13)17-22-16-10/h2,4,6,8,12H,3,5,7H2,1H3. The second-order valence-corrected chi connectivity index (χ2v) is 7.91. The Balaban J connectivity index is 1.80. The quantitative estimate of drug-likeness (QED) is 0.721. The van der Waals surface area contributed by atoms with Crippen molar-refractivity contribution in [3.8, 4) is 0 Å². The van der Waals surface area contributed by atoms with Crippen LogP contribution in [0.5, 0.6) is 0 Å². The number of aryl methyl sites for hydroxylation is 1. The molecule has 0 N–H and O–H groups in total. The van der Waals surface area contributed by atoms with Crippen molar-refractivity contribution in [1.82, 2.24) is 18.2 Å². The van der Waals surface area contributed by atoms with Gasteiger partial charge in [0.2, 0.25) is 10.0 Å². The molecule has 0 spiro atoms. The highest BCUT2D eigenvalue weighted by Gasteiger charge is 2.38. The largest absolute Gasteiger partial charge is 0.361 e. The van der Waals surface area contributed by atoms with E-state index >= 15 is 0 Å². The molecule has 1 fully saturated rings. The van der Waals surface area contributed by atoms with Gasteiger partial charge in [0.1, 0.15) is 27.4 Å². The molecule has 9 heteroatoms. The molecule has 4 rings (SSSR count). The molecule has 0 saturated carbocycles. The Kier molecular flexibility index (Phi) is 3.43. The van der Waals surface area contributed by atoms with E-state index in [2.05, 4.69) is 13.9 Å². The zero-order valence-corrected chi connectivity index (χ0v) is 14.0. The van der Waals surface area contributed by atoms with Crippen LogP contribution in [-0.2, 0) is 10.0 Å². The van der Waals surface area contributed by atoms with E-state index < -0.39 is 10.0 Å². The van der Waals surface area contributed by atoms with E-state index in [1.165, 1.54) is 4.31 Å². The number of nitrogens with zero attached hydrogens (tertiary/aromatic N) is 4. The van der Waals surface area contributed by atoms with E-state index in [1.54, 1.807) is 31.2 Å². The van der Waals surface area contributed by atoms with Gasteiger partial charge in [-0.25, -0.2) is 8.42 Å². The fourth-order valence-corrected chi connectivity index (χ4v) is 5.41. The maximum Gasteiger partial charge on any atom is 0.245 e. The Hall–Kier alpha value is -1.84. The topological polar surface area (TPSA) is 89.2 Å². The maximum atomic E-state index is 13.1. The van der Waals surface area contributed by atoms with Crippen LogP contribution in [-0.4, -0.2) is 33.2 Å². The lowest BCUT2D eigenvalue weighted by Gasteiger charge is -2.22. The van der Waals surface area contributed by atoms with Gasteiger partial charge in [-0.3, -0.25) is 0 Å². The van der Waals surface area contributed by atoms with Crippen molar-refractivity contribution < 1.29 is 12.9 Å². The van der Waals surface area contributed by atoms with Gasteiger partial charge in [0.25, 0.3) is 0 Å². The molecule has 120 valence electrons. The highest BCUT2D eigenvalue weighted by molar-refractivity contribution is 7.89. The molecular formula is C14H14N4O3S2. The van der Waals surface area contributed by atoms with Crippen LogP contribution in [0.25, 0.3) is 11.0 Å². The Morgan fingerprint density at radius 3 is 3.00 bits per heavy atom. The molecule has 1 unspecified atom stereocenters. The molecule has 0 amide bonds. The van der Waals surface area contributed by atoms with Crippen LogP contribution in [0.15, 0.2) is 33.7 Å². The molecule has 7 nitrogen and oxygen atoms in total. The van der Waals surface area contributed by atoms with Gasteiger partial charge in [-0.15, -0.1) is 0 Å². The zero-order chi connectivity index (χ0) is 16.0. The molecule has 1 aliphatic heterocycles. The normalized spacial score (nSPS) is 19.6. The molecule has 0 bridgehead atoms. The Morgan fingerprint density at radius 2 is 2.22 bits per heavy atom. The van der Waals surface area contributed by atoms with Crippen molar-refractivity contribution in [3.05, 3.63) is 35.7 Å². The van der Waals surface area contributed by atoms with Crippen molar-refractivity contribution in [1.29, 1.82) is 0 Å². The molecule has 23 heavy (non-hydrogen) atoms. The number of fused-ring (bicyclic) bond motifs is 1. The molecule has 1 aliphatic rings. The Morgan fingerprint density at radius 1 is 1.35 bits per heavy atom. The predicted molar refractivity (Wildman–Crippen MR) is 84.5 cm³/mol. The third-order valence-corrected chi connectivity index (χ3v) is 6.51. The smallest absolute Gasteiger partial charge is 0.245 e. The number of benzene rings is 1. The van der Waals surface area contributed by atoms with Gasteiger partial charge in [-0.1, -0.05) is 11.2 Å². The van der Waals surface area contributed by atoms with Crippen molar-refractivity contribution >= 4 is 32.8 Å². The average Bonchev–Trinajstić information content (AvgIpc) is 3.25. The van der Waals surface area contributed by atoms with Crippen LogP contribution in [0.2, 0.25) is 0 Å². The molecule has 1 atom stereocenters. The lowest BCUT2D eigenvalue weighted by atomic mass is 10.1. The molecule has 1 saturated heterocycles. The first-order valence-corrected chi connectivity index (χ1v) is 9.41. The maximum absolute atomic E-state index is 13.1. The summed E-state index contributed by atoms with van der Waals surface area (Å²) in [7, 11) is -3.67. The van der Waals surface area contributed by atoms with Crippen LogP contribution in [0.4, 0.5) is 0 Å². The van der Waals surface area contributed by atoms with Gasteiger partial charge in [0, 0.05) is 12.6 Å². The second kappa shape index (κ2) is 5.36. The zero-order valence-electron chi connectivity index (χ0n) is 12.3. The summed E-state index contributed by atoms with van der Waals surface area (Å²) in [5.41, 5.74) is 1.69. The van der Waals surface area contributed by atoms with E-state index in [1.807, 2.05) is 0 Å². The molecule has 3 aromatic rings. The van der Waals surface area contributed by atoms with E-state index in [0.29, 0.717) is 29.0 Å². The highest BCUT2D eigenvalue weighted by atomic mass is 32.2. The van der Waals surface area contributed by atoms with Crippen LogP contribution >= 0.6 is 11.7 Å². The summed E-state index contributed by atoms with van der Waals surface area (Å²) in [5.74, 6) is 0.676. The number of aromatic nitrogens is 3. The summed E-state index contributed by atoms with van der Waals surface area (Å²) in [5, 5.41) is 4.00. The number of sulfonamides is 1. The third-order valence-electron chi connectivity index (χ3n) is 4.03. The van der Waals surface area contributed by atoms with Crippen LogP contribution in [0, 0.1) is 6.92 Å². The number of rotatable bonds is 3. The van der Waals surface area contributed by atoms with Crippen molar-refractivity contribution in [3.63, 3.8) is 0 Å². The summed E-state index contributed by atoms with van der Waals surface area (Å²) in [6.07, 6.45) is 1.53. The fourth-order valence-electron chi connectivity index (χ4n) is 2.98. The molecule has 0 aliphatic carbocycles. The monoisotopic (exact) mass is 350 g/mol. The number of hydrogen-bond acceptors (Lipinski definition) is 7. The molecular weight excluding hydrogens is 336 g/mol. The Bertz CT molecular complexity index is 963. The summed E-state index contributed by atoms with van der Waals surface area (Å²) in [6.45, 7) is 2.26.